The topological polar surface area (TPSA) is 25.8 Å². The highest BCUT2D eigenvalue weighted by atomic mass is 32.2. The molecule has 1 aliphatic carbocycles. The Morgan fingerprint density at radius 3 is 2.74 bits per heavy atom. The molecule has 3 aromatic rings. The zero-order valence-corrected chi connectivity index (χ0v) is 15.5. The molecule has 0 spiro atoms. The lowest BCUT2D eigenvalue weighted by atomic mass is 9.97. The number of thiophene rings is 1. The normalized spacial score (nSPS) is 14.1. The van der Waals surface area contributed by atoms with Crippen LogP contribution in [0.25, 0.3) is 10.2 Å². The third-order valence-corrected chi connectivity index (χ3v) is 6.94. The summed E-state index contributed by atoms with van der Waals surface area (Å²) >= 11 is 5.38. The van der Waals surface area contributed by atoms with Crippen LogP contribution in [-0.4, -0.2) is 16.2 Å². The zero-order chi connectivity index (χ0) is 15.6. The van der Waals surface area contributed by atoms with Crippen LogP contribution < -0.4 is 0 Å². The summed E-state index contributed by atoms with van der Waals surface area (Å²) in [5.74, 6) is 0.964. The number of benzene rings is 1. The number of hydrogen-bond donors (Lipinski definition) is 0. The van der Waals surface area contributed by atoms with Gasteiger partial charge in [0.05, 0.1) is 0 Å². The summed E-state index contributed by atoms with van der Waals surface area (Å²) < 4.78 is 0. The van der Waals surface area contributed by atoms with Crippen LogP contribution >= 0.6 is 34.9 Å². The lowest BCUT2D eigenvalue weighted by molar-refractivity contribution is 0.699. The fourth-order valence-electron chi connectivity index (χ4n) is 3.03. The molecule has 23 heavy (non-hydrogen) atoms. The molecular weight excluding hydrogens is 340 g/mol. The molecule has 0 amide bonds. The zero-order valence-electron chi connectivity index (χ0n) is 13.0. The third-order valence-electron chi connectivity index (χ3n) is 4.16. The van der Waals surface area contributed by atoms with E-state index in [0.29, 0.717) is 0 Å². The maximum atomic E-state index is 4.84. The van der Waals surface area contributed by atoms with Gasteiger partial charge in [0.25, 0.3) is 0 Å². The van der Waals surface area contributed by atoms with Crippen LogP contribution in [0.15, 0.2) is 40.5 Å². The molecule has 0 fully saturated rings. The van der Waals surface area contributed by atoms with E-state index in [1.54, 1.807) is 16.6 Å². The number of rotatable bonds is 4. The van der Waals surface area contributed by atoms with Crippen LogP contribution in [0.1, 0.15) is 28.8 Å². The van der Waals surface area contributed by atoms with Crippen LogP contribution in [0, 0.1) is 0 Å². The lowest BCUT2D eigenvalue weighted by Crippen LogP contribution is -1.99. The second-order valence-corrected chi connectivity index (χ2v) is 8.50. The van der Waals surface area contributed by atoms with Crippen molar-refractivity contribution in [2.45, 2.75) is 41.6 Å². The Bertz CT molecular complexity index is 827. The fourth-order valence-corrected chi connectivity index (χ4v) is 5.84. The summed E-state index contributed by atoms with van der Waals surface area (Å²) in [6, 6.07) is 10.6. The number of thioether (sulfide) groups is 2. The minimum absolute atomic E-state index is 0.895. The summed E-state index contributed by atoms with van der Waals surface area (Å²) in [6.07, 6.45) is 7.07. The van der Waals surface area contributed by atoms with Gasteiger partial charge in [0.1, 0.15) is 9.86 Å². The Hall–Kier alpha value is -1.04. The van der Waals surface area contributed by atoms with Crippen molar-refractivity contribution < 1.29 is 0 Å². The van der Waals surface area contributed by atoms with Crippen molar-refractivity contribution in [2.75, 3.05) is 6.26 Å². The van der Waals surface area contributed by atoms with Crippen LogP contribution in [-0.2, 0) is 18.6 Å². The minimum Gasteiger partial charge on any atom is -0.215 e. The van der Waals surface area contributed by atoms with Gasteiger partial charge in [-0.1, -0.05) is 42.1 Å². The maximum Gasteiger partial charge on any atom is 0.189 e. The van der Waals surface area contributed by atoms with Gasteiger partial charge in [-0.05, 0) is 43.1 Å². The first-order valence-corrected chi connectivity index (χ1v) is 10.9. The number of aryl methyl sites for hydroxylation is 2. The van der Waals surface area contributed by atoms with Crippen LogP contribution in [0.4, 0.5) is 0 Å². The number of aromatic nitrogens is 2. The second-order valence-electron chi connectivity index (χ2n) is 5.68. The van der Waals surface area contributed by atoms with Gasteiger partial charge in [0, 0.05) is 16.0 Å². The van der Waals surface area contributed by atoms with Crippen LogP contribution in [0.2, 0.25) is 0 Å². The first-order chi connectivity index (χ1) is 11.3. The van der Waals surface area contributed by atoms with E-state index in [0.717, 1.165) is 10.9 Å². The number of nitrogens with zero attached hydrogens (tertiary/aromatic N) is 2. The molecule has 0 aliphatic heterocycles. The molecule has 0 atom stereocenters. The van der Waals surface area contributed by atoms with Gasteiger partial charge in [0.15, 0.2) is 5.16 Å². The maximum absolute atomic E-state index is 4.84. The Labute approximate surface area is 149 Å². The SMILES string of the molecule is CSc1nc(SCc2ccccc2)c2c3c(sc2n1)CCCC3. The first kappa shape index (κ1) is 15.5. The van der Waals surface area contributed by atoms with E-state index < -0.39 is 0 Å². The van der Waals surface area contributed by atoms with Crippen molar-refractivity contribution in [3.05, 3.63) is 46.3 Å². The van der Waals surface area contributed by atoms with Gasteiger partial charge < -0.3 is 0 Å². The van der Waals surface area contributed by atoms with Crippen molar-refractivity contribution >= 4 is 45.1 Å². The van der Waals surface area contributed by atoms with Crippen molar-refractivity contribution in [1.82, 2.24) is 9.97 Å². The van der Waals surface area contributed by atoms with E-state index in [1.165, 1.54) is 52.1 Å². The predicted molar refractivity (Wildman–Crippen MR) is 102 cm³/mol. The molecule has 2 heterocycles. The molecule has 0 N–H and O–H groups in total. The Balaban J connectivity index is 1.75. The standard InChI is InChI=1S/C18H18N2S3/c1-21-18-19-16(22-11-12-7-3-2-4-8-12)15-13-9-5-6-10-14(13)23-17(15)20-18/h2-4,7-8H,5-6,9-11H2,1H3. The van der Waals surface area contributed by atoms with Crippen molar-refractivity contribution in [2.24, 2.45) is 0 Å². The highest BCUT2D eigenvalue weighted by molar-refractivity contribution is 7.99. The molecular formula is C18H18N2S3. The minimum atomic E-state index is 0.895. The Morgan fingerprint density at radius 2 is 1.91 bits per heavy atom. The highest BCUT2D eigenvalue weighted by Crippen LogP contribution is 2.41. The van der Waals surface area contributed by atoms with Gasteiger partial charge in [-0.3, -0.25) is 0 Å². The van der Waals surface area contributed by atoms with Gasteiger partial charge >= 0.3 is 0 Å². The van der Waals surface area contributed by atoms with Gasteiger partial charge in [-0.15, -0.1) is 23.1 Å². The van der Waals surface area contributed by atoms with Gasteiger partial charge in [-0.2, -0.15) is 0 Å². The molecule has 2 aromatic heterocycles. The fraction of sp³-hybridized carbons (Fsp3) is 0.333. The predicted octanol–water partition coefficient (Wildman–Crippen LogP) is 5.58. The molecule has 0 unspecified atom stereocenters. The van der Waals surface area contributed by atoms with Crippen molar-refractivity contribution in [3.8, 4) is 0 Å². The summed E-state index contributed by atoms with van der Waals surface area (Å²) in [7, 11) is 0. The van der Waals surface area contributed by atoms with Crippen molar-refractivity contribution in [3.63, 3.8) is 0 Å². The monoisotopic (exact) mass is 358 g/mol. The van der Waals surface area contributed by atoms with E-state index in [2.05, 4.69) is 36.6 Å². The third kappa shape index (κ3) is 3.14. The molecule has 118 valence electrons. The average Bonchev–Trinajstić information content (AvgIpc) is 2.99. The van der Waals surface area contributed by atoms with Crippen LogP contribution in [0.3, 0.4) is 0 Å². The smallest absolute Gasteiger partial charge is 0.189 e. The van der Waals surface area contributed by atoms with Crippen molar-refractivity contribution in [1.29, 1.82) is 0 Å². The largest absolute Gasteiger partial charge is 0.215 e. The summed E-state index contributed by atoms with van der Waals surface area (Å²) in [4.78, 5) is 12.3. The molecule has 0 saturated heterocycles. The highest BCUT2D eigenvalue weighted by Gasteiger charge is 2.21. The quantitative estimate of drug-likeness (QED) is 0.345. The van der Waals surface area contributed by atoms with E-state index in [-0.39, 0.29) is 0 Å². The van der Waals surface area contributed by atoms with Gasteiger partial charge in [-0.25, -0.2) is 9.97 Å². The molecule has 0 radical (unpaired) electrons. The molecule has 1 aromatic carbocycles. The van der Waals surface area contributed by atoms with E-state index >= 15 is 0 Å². The summed E-state index contributed by atoms with van der Waals surface area (Å²) in [5, 5.41) is 3.40. The lowest BCUT2D eigenvalue weighted by Gasteiger charge is -2.12. The molecule has 4 rings (SSSR count). The second kappa shape index (κ2) is 6.83. The van der Waals surface area contributed by atoms with E-state index in [1.807, 2.05) is 23.1 Å². The van der Waals surface area contributed by atoms with E-state index in [4.69, 9.17) is 9.97 Å². The molecule has 1 aliphatic rings. The molecule has 0 bridgehead atoms. The molecule has 2 nitrogen and oxygen atoms in total. The van der Waals surface area contributed by atoms with Gasteiger partial charge in [0.2, 0.25) is 0 Å². The average molecular weight is 359 g/mol. The summed E-state index contributed by atoms with van der Waals surface area (Å²) in [5.41, 5.74) is 2.87. The number of hydrogen-bond acceptors (Lipinski definition) is 5. The molecule has 0 saturated carbocycles. The Morgan fingerprint density at radius 1 is 1.09 bits per heavy atom. The first-order valence-electron chi connectivity index (χ1n) is 7.88. The Kier molecular flexibility index (Phi) is 4.60. The summed E-state index contributed by atoms with van der Waals surface area (Å²) in [6.45, 7) is 0. The van der Waals surface area contributed by atoms with Crippen LogP contribution in [0.5, 0.6) is 0 Å². The number of fused-ring (bicyclic) bond motifs is 3. The molecule has 5 heteroatoms. The van der Waals surface area contributed by atoms with E-state index in [9.17, 15) is 0 Å².